The molecule has 0 saturated carbocycles. The molecule has 12 nitrogen and oxygen atoms in total. The summed E-state index contributed by atoms with van der Waals surface area (Å²) in [5.74, 6) is 0.484. The minimum Gasteiger partial charge on any atom is -0.394 e. The Morgan fingerprint density at radius 1 is 1.06 bits per heavy atom. The van der Waals surface area contributed by atoms with Crippen LogP contribution in [0.15, 0.2) is 49.2 Å². The summed E-state index contributed by atoms with van der Waals surface area (Å²) in [4.78, 5) is 12.8. The molecule has 0 unspecified atom stereocenters. The molecule has 12 heteroatoms. The maximum Gasteiger partial charge on any atom is 0.167 e. The number of hydrogen-bond acceptors (Lipinski definition) is 10. The van der Waals surface area contributed by atoms with E-state index < -0.39 is 31.1 Å². The minimum atomic E-state index is -1.23. The summed E-state index contributed by atoms with van der Waals surface area (Å²) < 4.78 is 8.86. The Hall–Kier alpha value is -3.45. The van der Waals surface area contributed by atoms with Gasteiger partial charge in [0.25, 0.3) is 0 Å². The van der Waals surface area contributed by atoms with Crippen LogP contribution in [-0.2, 0) is 17.8 Å². The number of imidazole rings is 1. The Morgan fingerprint density at radius 3 is 2.69 bits per heavy atom. The van der Waals surface area contributed by atoms with E-state index in [1.54, 1.807) is 4.68 Å². The number of hydrogen-bond donors (Lipinski definition) is 4. The Kier molecular flexibility index (Phi) is 5.49. The smallest absolute Gasteiger partial charge is 0.167 e. The fraction of sp³-hybridized carbons (Fsp3) is 0.350. The largest absolute Gasteiger partial charge is 0.394 e. The molecule has 0 spiro atoms. The molecule has 1 aliphatic heterocycles. The molecule has 3 aromatic heterocycles. The predicted molar refractivity (Wildman–Crippen MR) is 111 cm³/mol. The second-order valence-corrected chi connectivity index (χ2v) is 7.52. The number of aromatic nitrogens is 7. The van der Waals surface area contributed by atoms with Gasteiger partial charge in [-0.15, -0.1) is 5.10 Å². The third kappa shape index (κ3) is 3.80. The molecule has 5 rings (SSSR count). The van der Waals surface area contributed by atoms with Gasteiger partial charge in [-0.25, -0.2) is 19.6 Å². The van der Waals surface area contributed by atoms with Crippen LogP contribution >= 0.6 is 0 Å². The molecule has 4 aromatic rings. The summed E-state index contributed by atoms with van der Waals surface area (Å²) in [7, 11) is 0. The summed E-state index contributed by atoms with van der Waals surface area (Å²) in [6.45, 7) is 0.593. The molecular formula is C20H22N8O4. The van der Waals surface area contributed by atoms with Crippen molar-refractivity contribution < 1.29 is 20.1 Å². The Bertz CT molecular complexity index is 1200. The van der Waals surface area contributed by atoms with Crippen molar-refractivity contribution in [2.45, 2.75) is 37.6 Å². The Balaban J connectivity index is 1.31. The van der Waals surface area contributed by atoms with E-state index in [1.165, 1.54) is 17.2 Å². The average molecular weight is 438 g/mol. The molecule has 0 aliphatic carbocycles. The molecule has 4 atom stereocenters. The maximum atomic E-state index is 10.3. The molecule has 1 aliphatic rings. The SMILES string of the molecule is OC[C@H]1O[C@@H](n2cnc3c(NCc4cn(Cc5ccccc5)nn4)ncnc32)[C@H](O)[C@@H]1O. The van der Waals surface area contributed by atoms with Gasteiger partial charge < -0.3 is 25.4 Å². The van der Waals surface area contributed by atoms with Crippen LogP contribution in [0.3, 0.4) is 0 Å². The van der Waals surface area contributed by atoms with Crippen LogP contribution in [0.4, 0.5) is 5.82 Å². The number of anilines is 1. The molecule has 4 N–H and O–H groups in total. The van der Waals surface area contributed by atoms with E-state index >= 15 is 0 Å². The van der Waals surface area contributed by atoms with Gasteiger partial charge in [-0.05, 0) is 5.56 Å². The van der Waals surface area contributed by atoms with E-state index in [1.807, 2.05) is 36.5 Å². The molecule has 166 valence electrons. The van der Waals surface area contributed by atoms with Crippen molar-refractivity contribution in [2.75, 3.05) is 11.9 Å². The van der Waals surface area contributed by atoms with E-state index in [4.69, 9.17) is 4.74 Å². The first-order valence-electron chi connectivity index (χ1n) is 10.1. The van der Waals surface area contributed by atoms with Gasteiger partial charge in [-0.2, -0.15) is 0 Å². The van der Waals surface area contributed by atoms with Gasteiger partial charge in [0.1, 0.15) is 30.3 Å². The standard InChI is InChI=1S/C20H22N8O4/c29-9-14-16(30)17(31)20(32-14)28-11-24-15-18(22-10-23-19(15)28)21-6-13-8-27(26-25-13)7-12-4-2-1-3-5-12/h1-5,8,10-11,14,16-17,20,29-31H,6-7,9H2,(H,21,22,23)/t14-,16-,17-,20-/m1/s1. The third-order valence-corrected chi connectivity index (χ3v) is 5.36. The second-order valence-electron chi connectivity index (χ2n) is 7.52. The fourth-order valence-corrected chi connectivity index (χ4v) is 3.72. The van der Waals surface area contributed by atoms with Crippen molar-refractivity contribution >= 4 is 17.0 Å². The quantitative estimate of drug-likeness (QED) is 0.302. The molecule has 32 heavy (non-hydrogen) atoms. The number of nitrogens with zero attached hydrogens (tertiary/aromatic N) is 7. The monoisotopic (exact) mass is 438 g/mol. The third-order valence-electron chi connectivity index (χ3n) is 5.36. The number of aliphatic hydroxyl groups is 3. The van der Waals surface area contributed by atoms with Crippen molar-refractivity contribution in [3.8, 4) is 0 Å². The lowest BCUT2D eigenvalue weighted by molar-refractivity contribution is -0.0511. The average Bonchev–Trinajstić information content (AvgIpc) is 3.52. The maximum absolute atomic E-state index is 10.3. The van der Waals surface area contributed by atoms with Crippen LogP contribution in [0.5, 0.6) is 0 Å². The number of fused-ring (bicyclic) bond motifs is 1. The molecule has 1 aromatic carbocycles. The van der Waals surface area contributed by atoms with E-state index in [0.29, 0.717) is 30.1 Å². The molecule has 0 radical (unpaired) electrons. The Labute approximate surface area is 182 Å². The number of benzene rings is 1. The molecule has 1 fully saturated rings. The van der Waals surface area contributed by atoms with E-state index in [9.17, 15) is 15.3 Å². The van der Waals surface area contributed by atoms with Crippen LogP contribution in [-0.4, -0.2) is 74.8 Å². The normalized spacial score (nSPS) is 23.1. The summed E-state index contributed by atoms with van der Waals surface area (Å²) in [6.07, 6.45) is 0.446. The summed E-state index contributed by atoms with van der Waals surface area (Å²) >= 11 is 0. The first-order valence-corrected chi connectivity index (χ1v) is 10.1. The second kappa shape index (κ2) is 8.59. The van der Waals surface area contributed by atoms with Crippen LogP contribution in [0.2, 0.25) is 0 Å². The lowest BCUT2D eigenvalue weighted by atomic mass is 10.1. The predicted octanol–water partition coefficient (Wildman–Crippen LogP) is -0.310. The fourth-order valence-electron chi connectivity index (χ4n) is 3.72. The Morgan fingerprint density at radius 2 is 1.91 bits per heavy atom. The van der Waals surface area contributed by atoms with Gasteiger partial charge >= 0.3 is 0 Å². The highest BCUT2D eigenvalue weighted by molar-refractivity contribution is 5.82. The number of ether oxygens (including phenoxy) is 1. The van der Waals surface area contributed by atoms with Crippen molar-refractivity contribution in [1.29, 1.82) is 0 Å². The van der Waals surface area contributed by atoms with Gasteiger partial charge in [-0.3, -0.25) is 4.57 Å². The highest BCUT2D eigenvalue weighted by Crippen LogP contribution is 2.32. The van der Waals surface area contributed by atoms with Gasteiger partial charge in [0.2, 0.25) is 0 Å². The van der Waals surface area contributed by atoms with Gasteiger partial charge in [0, 0.05) is 0 Å². The number of nitrogens with one attached hydrogen (secondary N) is 1. The van der Waals surface area contributed by atoms with Gasteiger partial charge in [-0.1, -0.05) is 35.5 Å². The molecular weight excluding hydrogens is 416 g/mol. The van der Waals surface area contributed by atoms with E-state index in [2.05, 4.69) is 30.6 Å². The van der Waals surface area contributed by atoms with Crippen LogP contribution in [0.1, 0.15) is 17.5 Å². The van der Waals surface area contributed by atoms with E-state index in [0.717, 1.165) is 11.3 Å². The molecule has 1 saturated heterocycles. The zero-order valence-electron chi connectivity index (χ0n) is 16.9. The number of aliphatic hydroxyl groups excluding tert-OH is 3. The molecule has 4 heterocycles. The summed E-state index contributed by atoms with van der Waals surface area (Å²) in [5, 5.41) is 41.2. The van der Waals surface area contributed by atoms with Crippen LogP contribution < -0.4 is 5.32 Å². The van der Waals surface area contributed by atoms with Crippen LogP contribution in [0.25, 0.3) is 11.2 Å². The van der Waals surface area contributed by atoms with Crippen molar-refractivity contribution in [3.63, 3.8) is 0 Å². The minimum absolute atomic E-state index is 0.377. The zero-order chi connectivity index (χ0) is 22.1. The zero-order valence-corrected chi connectivity index (χ0v) is 16.9. The molecule has 0 bridgehead atoms. The first-order chi connectivity index (χ1) is 15.6. The topological polar surface area (TPSA) is 156 Å². The lowest BCUT2D eigenvalue weighted by Gasteiger charge is -2.16. The van der Waals surface area contributed by atoms with Gasteiger partial charge in [0.15, 0.2) is 23.2 Å². The van der Waals surface area contributed by atoms with Crippen molar-refractivity contribution in [2.24, 2.45) is 0 Å². The lowest BCUT2D eigenvalue weighted by Crippen LogP contribution is -2.33. The highest BCUT2D eigenvalue weighted by Gasteiger charge is 2.44. The van der Waals surface area contributed by atoms with Crippen molar-refractivity contribution in [3.05, 3.63) is 60.4 Å². The van der Waals surface area contributed by atoms with Crippen LogP contribution in [0, 0.1) is 0 Å². The van der Waals surface area contributed by atoms with E-state index in [-0.39, 0.29) is 0 Å². The summed E-state index contributed by atoms with van der Waals surface area (Å²) in [5.41, 5.74) is 2.76. The first kappa shape index (κ1) is 20.5. The van der Waals surface area contributed by atoms with Gasteiger partial charge in [0.05, 0.1) is 32.2 Å². The summed E-state index contributed by atoms with van der Waals surface area (Å²) in [6, 6.07) is 9.99. The molecule has 0 amide bonds. The highest BCUT2D eigenvalue weighted by atomic mass is 16.6. The van der Waals surface area contributed by atoms with Crippen molar-refractivity contribution in [1.82, 2.24) is 34.5 Å². The number of rotatable bonds is 7.